The third-order valence-electron chi connectivity index (χ3n) is 9.20. The largest absolute Gasteiger partial charge is 0.456 e. The number of furan rings is 1. The van der Waals surface area contributed by atoms with Gasteiger partial charge in [0, 0.05) is 27.5 Å². The molecule has 0 saturated heterocycles. The molecule has 0 aliphatic heterocycles. The predicted molar refractivity (Wildman–Crippen MR) is 204 cm³/mol. The van der Waals surface area contributed by atoms with Crippen LogP contribution >= 0.6 is 0 Å². The van der Waals surface area contributed by atoms with E-state index in [1.54, 1.807) is 0 Å². The molecule has 0 unspecified atom stereocenters. The molecule has 0 aliphatic carbocycles. The molecule has 0 saturated carbocycles. The second kappa shape index (κ2) is 12.7. The molecule has 2 heterocycles. The third kappa shape index (κ3) is 5.61. The van der Waals surface area contributed by atoms with Crippen molar-refractivity contribution in [1.82, 2.24) is 15.0 Å². The van der Waals surface area contributed by atoms with E-state index in [9.17, 15) is 5.26 Å². The molecule has 0 aliphatic rings. The summed E-state index contributed by atoms with van der Waals surface area (Å²) in [5.74, 6) is 1.71. The zero-order valence-electron chi connectivity index (χ0n) is 27.4. The van der Waals surface area contributed by atoms with Crippen molar-refractivity contribution in [3.05, 3.63) is 175 Å². The molecule has 5 heteroatoms. The lowest BCUT2D eigenvalue weighted by atomic mass is 9.94. The fourth-order valence-corrected chi connectivity index (χ4v) is 6.68. The average Bonchev–Trinajstić information content (AvgIpc) is 3.60. The standard InChI is InChI=1S/C46H28N4O/c47-29-30-19-21-31(22-20-30)35-23-25-38(40(27-35)33-13-6-2-7-14-33)46-49-44(34-15-8-3-9-16-34)48-45(50-46)36-24-26-39-42(28-36)51-41-18-10-17-37(43(39)41)32-11-4-1-5-12-32/h1-28H. The lowest BCUT2D eigenvalue weighted by Gasteiger charge is -2.14. The molecule has 0 bridgehead atoms. The van der Waals surface area contributed by atoms with Crippen LogP contribution in [-0.2, 0) is 0 Å². The van der Waals surface area contributed by atoms with E-state index in [1.807, 2.05) is 97.1 Å². The Bertz CT molecular complexity index is 2730. The SMILES string of the molecule is N#Cc1ccc(-c2ccc(-c3nc(-c4ccccc4)nc(-c4ccc5c(c4)oc4cccc(-c6ccccc6)c45)n3)c(-c3ccccc3)c2)cc1. The van der Waals surface area contributed by atoms with Gasteiger partial charge in [0.15, 0.2) is 17.5 Å². The van der Waals surface area contributed by atoms with Crippen molar-refractivity contribution >= 4 is 21.9 Å². The molecule has 0 fully saturated rings. The first-order valence-corrected chi connectivity index (χ1v) is 16.7. The first-order chi connectivity index (χ1) is 25.2. The van der Waals surface area contributed by atoms with Crippen LogP contribution in [0.25, 0.3) is 89.5 Å². The monoisotopic (exact) mass is 652 g/mol. The lowest BCUT2D eigenvalue weighted by Crippen LogP contribution is -2.01. The van der Waals surface area contributed by atoms with Crippen LogP contribution < -0.4 is 0 Å². The second-order valence-corrected chi connectivity index (χ2v) is 12.3. The quantitative estimate of drug-likeness (QED) is 0.179. The van der Waals surface area contributed by atoms with Crippen molar-refractivity contribution in [2.24, 2.45) is 0 Å². The Labute approximate surface area is 294 Å². The zero-order chi connectivity index (χ0) is 34.1. The summed E-state index contributed by atoms with van der Waals surface area (Å²) in [6, 6.07) is 59.3. The van der Waals surface area contributed by atoms with Crippen LogP contribution in [0.5, 0.6) is 0 Å². The first-order valence-electron chi connectivity index (χ1n) is 16.7. The molecule has 2 aromatic heterocycles. The van der Waals surface area contributed by atoms with Gasteiger partial charge in [-0.1, -0.05) is 127 Å². The zero-order valence-corrected chi connectivity index (χ0v) is 27.4. The molecule has 238 valence electrons. The molecule has 9 rings (SSSR count). The van der Waals surface area contributed by atoms with Gasteiger partial charge in [-0.3, -0.25) is 0 Å². The molecule has 9 aromatic rings. The lowest BCUT2D eigenvalue weighted by molar-refractivity contribution is 0.669. The Balaban J connectivity index is 1.22. The van der Waals surface area contributed by atoms with Crippen molar-refractivity contribution in [2.45, 2.75) is 0 Å². The van der Waals surface area contributed by atoms with E-state index in [2.05, 4.69) is 78.9 Å². The van der Waals surface area contributed by atoms with Gasteiger partial charge in [-0.05, 0) is 75.8 Å². The molecular weight excluding hydrogens is 625 g/mol. The van der Waals surface area contributed by atoms with E-state index in [0.29, 0.717) is 23.0 Å². The van der Waals surface area contributed by atoms with Crippen molar-refractivity contribution in [1.29, 1.82) is 5.26 Å². The molecule has 7 aromatic carbocycles. The summed E-state index contributed by atoms with van der Waals surface area (Å²) in [6.07, 6.45) is 0. The summed E-state index contributed by atoms with van der Waals surface area (Å²) < 4.78 is 6.46. The minimum Gasteiger partial charge on any atom is -0.456 e. The summed E-state index contributed by atoms with van der Waals surface area (Å²) in [5, 5.41) is 11.5. The van der Waals surface area contributed by atoms with Crippen LogP contribution in [0.15, 0.2) is 174 Å². The average molecular weight is 653 g/mol. The number of nitrogens with zero attached hydrogens (tertiary/aromatic N) is 4. The highest BCUT2D eigenvalue weighted by atomic mass is 16.3. The minimum atomic E-state index is 0.555. The van der Waals surface area contributed by atoms with Gasteiger partial charge in [0.05, 0.1) is 11.6 Å². The molecular formula is C46H28N4O. The number of rotatable bonds is 6. The van der Waals surface area contributed by atoms with Crippen molar-refractivity contribution in [3.63, 3.8) is 0 Å². The third-order valence-corrected chi connectivity index (χ3v) is 9.20. The topological polar surface area (TPSA) is 75.6 Å². The molecule has 0 spiro atoms. The number of aromatic nitrogens is 3. The van der Waals surface area contributed by atoms with Crippen LogP contribution in [0.4, 0.5) is 0 Å². The van der Waals surface area contributed by atoms with Gasteiger partial charge in [-0.25, -0.2) is 15.0 Å². The highest BCUT2D eigenvalue weighted by Crippen LogP contribution is 2.39. The van der Waals surface area contributed by atoms with Gasteiger partial charge in [-0.15, -0.1) is 0 Å². The van der Waals surface area contributed by atoms with E-state index in [1.165, 1.54) is 0 Å². The fourth-order valence-electron chi connectivity index (χ4n) is 6.68. The van der Waals surface area contributed by atoms with Crippen LogP contribution in [0.3, 0.4) is 0 Å². The number of fused-ring (bicyclic) bond motifs is 3. The molecule has 0 atom stereocenters. The number of hydrogen-bond acceptors (Lipinski definition) is 5. The smallest absolute Gasteiger partial charge is 0.164 e. The van der Waals surface area contributed by atoms with Crippen molar-refractivity contribution in [3.8, 4) is 73.6 Å². The first kappa shape index (κ1) is 29.9. The number of hydrogen-bond donors (Lipinski definition) is 0. The van der Waals surface area contributed by atoms with E-state index in [0.717, 1.165) is 72.0 Å². The summed E-state index contributed by atoms with van der Waals surface area (Å²) >= 11 is 0. The molecule has 0 N–H and O–H groups in total. The molecule has 0 amide bonds. The highest BCUT2D eigenvalue weighted by molar-refractivity contribution is 6.13. The maximum absolute atomic E-state index is 9.33. The Morgan fingerprint density at radius 2 is 0.980 bits per heavy atom. The van der Waals surface area contributed by atoms with Gasteiger partial charge < -0.3 is 4.42 Å². The number of nitriles is 1. The Morgan fingerprint density at radius 1 is 0.392 bits per heavy atom. The Morgan fingerprint density at radius 3 is 1.67 bits per heavy atom. The summed E-state index contributed by atoms with van der Waals surface area (Å²) in [5.41, 5.74) is 11.2. The van der Waals surface area contributed by atoms with Crippen LogP contribution in [0.2, 0.25) is 0 Å². The molecule has 5 nitrogen and oxygen atoms in total. The van der Waals surface area contributed by atoms with Gasteiger partial charge in [0.25, 0.3) is 0 Å². The second-order valence-electron chi connectivity index (χ2n) is 12.3. The Hall–Kier alpha value is -7.16. The maximum Gasteiger partial charge on any atom is 0.164 e. The summed E-state index contributed by atoms with van der Waals surface area (Å²) in [4.78, 5) is 15.2. The minimum absolute atomic E-state index is 0.555. The van der Waals surface area contributed by atoms with Crippen LogP contribution in [-0.4, -0.2) is 15.0 Å². The van der Waals surface area contributed by atoms with E-state index >= 15 is 0 Å². The molecule has 51 heavy (non-hydrogen) atoms. The van der Waals surface area contributed by atoms with E-state index in [-0.39, 0.29) is 0 Å². The van der Waals surface area contributed by atoms with E-state index < -0.39 is 0 Å². The van der Waals surface area contributed by atoms with E-state index in [4.69, 9.17) is 19.4 Å². The predicted octanol–water partition coefficient (Wildman–Crippen LogP) is 11.6. The number of benzene rings is 7. The van der Waals surface area contributed by atoms with Crippen molar-refractivity contribution < 1.29 is 4.42 Å². The van der Waals surface area contributed by atoms with Gasteiger partial charge in [-0.2, -0.15) is 5.26 Å². The van der Waals surface area contributed by atoms with Crippen molar-refractivity contribution in [2.75, 3.05) is 0 Å². The normalized spacial score (nSPS) is 11.1. The van der Waals surface area contributed by atoms with Gasteiger partial charge in [0.2, 0.25) is 0 Å². The van der Waals surface area contributed by atoms with Gasteiger partial charge in [0.1, 0.15) is 11.2 Å². The summed E-state index contributed by atoms with van der Waals surface area (Å²) in [6.45, 7) is 0. The Kier molecular flexibility index (Phi) is 7.46. The van der Waals surface area contributed by atoms with Crippen LogP contribution in [0, 0.1) is 11.3 Å². The highest BCUT2D eigenvalue weighted by Gasteiger charge is 2.19. The van der Waals surface area contributed by atoms with Crippen LogP contribution in [0.1, 0.15) is 5.56 Å². The van der Waals surface area contributed by atoms with Gasteiger partial charge >= 0.3 is 0 Å². The summed E-state index contributed by atoms with van der Waals surface area (Å²) in [7, 11) is 0. The molecule has 0 radical (unpaired) electrons. The fraction of sp³-hybridized carbons (Fsp3) is 0. The maximum atomic E-state index is 9.33.